The fourth-order valence-electron chi connectivity index (χ4n) is 7.22. The largest absolute Gasteiger partial charge is 0.491 e. The zero-order valence-corrected chi connectivity index (χ0v) is 27.8. The Kier molecular flexibility index (Phi) is 9.10. The smallest absolute Gasteiger partial charge is 0.419 e. The Morgan fingerprint density at radius 3 is 2.40 bits per heavy atom. The molecule has 0 amide bonds. The minimum atomic E-state index is -2.64. The molecule has 0 unspecified atom stereocenters. The van der Waals surface area contributed by atoms with Crippen LogP contribution in [0.25, 0.3) is 10.9 Å². The summed E-state index contributed by atoms with van der Waals surface area (Å²) in [6, 6.07) is 10.9. The highest BCUT2D eigenvalue weighted by Crippen LogP contribution is 2.60. The predicted molar refractivity (Wildman–Crippen MR) is 171 cm³/mol. The van der Waals surface area contributed by atoms with Gasteiger partial charge in [-0.25, -0.2) is 18.4 Å². The van der Waals surface area contributed by atoms with Crippen molar-refractivity contribution in [2.24, 2.45) is 5.41 Å². The molecule has 1 aromatic heterocycles. The number of piperidine rings is 1. The van der Waals surface area contributed by atoms with Gasteiger partial charge in [-0.05, 0) is 87.9 Å². The second-order valence-corrected chi connectivity index (χ2v) is 14.2. The van der Waals surface area contributed by atoms with Crippen LogP contribution >= 0.6 is 0 Å². The summed E-state index contributed by atoms with van der Waals surface area (Å²) in [6.45, 7) is 10.4. The lowest BCUT2D eigenvalue weighted by molar-refractivity contribution is -0.186. The Morgan fingerprint density at radius 2 is 1.79 bits per heavy atom. The Bertz CT molecular complexity index is 1620. The second kappa shape index (κ2) is 12.8. The van der Waals surface area contributed by atoms with Crippen molar-refractivity contribution in [2.75, 3.05) is 40.1 Å². The van der Waals surface area contributed by atoms with E-state index in [1.54, 1.807) is 18.3 Å². The van der Waals surface area contributed by atoms with Crippen LogP contribution in [0.5, 0.6) is 5.75 Å². The van der Waals surface area contributed by atoms with Crippen LogP contribution in [0, 0.1) is 12.3 Å². The van der Waals surface area contributed by atoms with Gasteiger partial charge >= 0.3 is 12.1 Å². The van der Waals surface area contributed by atoms with Crippen LogP contribution in [-0.4, -0.2) is 79.2 Å². The Hall–Kier alpha value is -3.54. The number of likely N-dealkylation sites (tertiary alicyclic amines) is 1. The summed E-state index contributed by atoms with van der Waals surface area (Å²) in [7, 11) is 1.34. The van der Waals surface area contributed by atoms with Gasteiger partial charge in [-0.3, -0.25) is 9.47 Å². The van der Waals surface area contributed by atoms with E-state index in [-0.39, 0.29) is 25.0 Å². The van der Waals surface area contributed by atoms with E-state index < -0.39 is 29.0 Å². The molecular formula is C36H44F2N2O7. The molecule has 1 spiro atoms. The molecule has 2 saturated heterocycles. The number of fused-ring (bicyclic) bond motifs is 1. The average Bonchev–Trinajstić information content (AvgIpc) is 3.43. The first-order valence-corrected chi connectivity index (χ1v) is 16.3. The normalized spacial score (nSPS) is 20.9. The van der Waals surface area contributed by atoms with Gasteiger partial charge in [0.2, 0.25) is 5.92 Å². The summed E-state index contributed by atoms with van der Waals surface area (Å²) in [4.78, 5) is 27.7. The van der Waals surface area contributed by atoms with Crippen molar-refractivity contribution in [2.45, 2.75) is 83.6 Å². The number of nitrogens with zero attached hydrogens (tertiary/aromatic N) is 2. The lowest BCUT2D eigenvalue weighted by Crippen LogP contribution is -2.53. The van der Waals surface area contributed by atoms with Crippen molar-refractivity contribution < 1.29 is 42.1 Å². The monoisotopic (exact) mass is 654 g/mol. The number of esters is 1. The Labute approximate surface area is 274 Å². The molecule has 0 radical (unpaired) electrons. The minimum Gasteiger partial charge on any atom is -0.491 e. The first-order chi connectivity index (χ1) is 22.3. The third kappa shape index (κ3) is 7.17. The van der Waals surface area contributed by atoms with Gasteiger partial charge in [0.05, 0.1) is 38.0 Å². The van der Waals surface area contributed by atoms with Crippen LogP contribution < -0.4 is 4.74 Å². The number of halogens is 2. The number of carbonyl (C=O) groups excluding carboxylic acids is 2. The van der Waals surface area contributed by atoms with Gasteiger partial charge < -0.3 is 23.7 Å². The molecule has 3 fully saturated rings. The van der Waals surface area contributed by atoms with Gasteiger partial charge in [-0.15, -0.1) is 0 Å². The van der Waals surface area contributed by atoms with Gasteiger partial charge in [0.15, 0.2) is 0 Å². The number of methoxy groups -OCH3 is 1. The molecule has 0 N–H and O–H groups in total. The minimum absolute atomic E-state index is 0.0797. The molecule has 1 atom stereocenters. The third-order valence-electron chi connectivity index (χ3n) is 9.46. The predicted octanol–water partition coefficient (Wildman–Crippen LogP) is 7.07. The standard InChI is InChI=1S/C36H44F2N2O7/c1-23-16-30(46-15-14-45-26-19-44-20-26)28(27-10-12-40(31(23)27)33(42)47-34(2,3)4)18-39-13-11-35(21-36(37,38)22-35)17-29(39)24-6-8-25(9-7-24)32(41)43-5/h6-10,12,16,26,29H,11,13-15,17-22H2,1-5H3/t29-/m0/s1. The first kappa shape index (κ1) is 33.4. The maximum Gasteiger partial charge on any atom is 0.419 e. The van der Waals surface area contributed by atoms with E-state index in [0.717, 1.165) is 27.6 Å². The molecule has 2 aromatic carbocycles. The number of carbonyl (C=O) groups is 2. The molecule has 254 valence electrons. The van der Waals surface area contributed by atoms with E-state index >= 15 is 0 Å². The highest BCUT2D eigenvalue weighted by Gasteiger charge is 2.58. The molecular weight excluding hydrogens is 610 g/mol. The van der Waals surface area contributed by atoms with Gasteiger partial charge in [0, 0.05) is 42.6 Å². The molecule has 3 heterocycles. The van der Waals surface area contributed by atoms with Crippen LogP contribution in [0.3, 0.4) is 0 Å². The third-order valence-corrected chi connectivity index (χ3v) is 9.46. The summed E-state index contributed by atoms with van der Waals surface area (Å²) >= 11 is 0. The summed E-state index contributed by atoms with van der Waals surface area (Å²) in [6.07, 6.45) is 2.33. The second-order valence-electron chi connectivity index (χ2n) is 14.2. The fourth-order valence-corrected chi connectivity index (χ4v) is 7.22. The first-order valence-electron chi connectivity index (χ1n) is 16.3. The van der Waals surface area contributed by atoms with Crippen molar-refractivity contribution in [1.82, 2.24) is 9.47 Å². The van der Waals surface area contributed by atoms with Crippen LogP contribution in [0.15, 0.2) is 42.6 Å². The highest BCUT2D eigenvalue weighted by molar-refractivity contribution is 5.95. The molecule has 1 aliphatic carbocycles. The number of alkyl halides is 2. The zero-order valence-electron chi connectivity index (χ0n) is 27.8. The number of hydrogen-bond acceptors (Lipinski definition) is 8. The molecule has 3 aliphatic rings. The van der Waals surface area contributed by atoms with Crippen LogP contribution in [0.1, 0.15) is 79.5 Å². The van der Waals surface area contributed by atoms with Crippen LogP contribution in [0.4, 0.5) is 13.6 Å². The molecule has 0 bridgehead atoms. The van der Waals surface area contributed by atoms with Gasteiger partial charge in [0.1, 0.15) is 24.1 Å². The average molecular weight is 655 g/mol. The summed E-state index contributed by atoms with van der Waals surface area (Å²) in [5.74, 6) is -2.39. The lowest BCUT2D eigenvalue weighted by atomic mass is 9.59. The van der Waals surface area contributed by atoms with Crippen molar-refractivity contribution in [3.8, 4) is 5.75 Å². The van der Waals surface area contributed by atoms with Crippen LogP contribution in [0.2, 0.25) is 0 Å². The number of rotatable bonds is 9. The highest BCUT2D eigenvalue weighted by atomic mass is 19.3. The van der Waals surface area contributed by atoms with Crippen molar-refractivity contribution in [1.29, 1.82) is 0 Å². The molecule has 47 heavy (non-hydrogen) atoms. The molecule has 9 nitrogen and oxygen atoms in total. The number of aromatic nitrogens is 1. The van der Waals surface area contributed by atoms with E-state index in [0.29, 0.717) is 63.7 Å². The van der Waals surface area contributed by atoms with E-state index in [1.165, 1.54) is 11.7 Å². The molecule has 6 rings (SSSR count). The van der Waals surface area contributed by atoms with Gasteiger partial charge in [-0.1, -0.05) is 12.1 Å². The van der Waals surface area contributed by atoms with Crippen molar-refractivity contribution in [3.63, 3.8) is 0 Å². The topological polar surface area (TPSA) is 88.5 Å². The van der Waals surface area contributed by atoms with Gasteiger partial charge in [-0.2, -0.15) is 0 Å². The summed E-state index contributed by atoms with van der Waals surface area (Å²) < 4.78 is 58.0. The maximum atomic E-state index is 14.2. The number of hydrogen-bond donors (Lipinski definition) is 0. The Balaban J connectivity index is 1.35. The quantitative estimate of drug-likeness (QED) is 0.179. The molecule has 2 aliphatic heterocycles. The zero-order chi connectivity index (χ0) is 33.6. The maximum absolute atomic E-state index is 14.2. The van der Waals surface area contributed by atoms with E-state index in [4.69, 9.17) is 23.7 Å². The van der Waals surface area contributed by atoms with E-state index in [2.05, 4.69) is 4.90 Å². The van der Waals surface area contributed by atoms with E-state index in [1.807, 2.05) is 52.0 Å². The van der Waals surface area contributed by atoms with Gasteiger partial charge in [0.25, 0.3) is 0 Å². The fraction of sp³-hybridized carbons (Fsp3) is 0.556. The molecule has 11 heteroatoms. The number of ether oxygens (including phenoxy) is 5. The number of aryl methyl sites for hydroxylation is 1. The number of benzene rings is 2. The lowest BCUT2D eigenvalue weighted by Gasteiger charge is -2.54. The van der Waals surface area contributed by atoms with Crippen LogP contribution in [-0.2, 0) is 25.5 Å². The summed E-state index contributed by atoms with van der Waals surface area (Å²) in [5.41, 5.74) is 2.75. The SMILES string of the molecule is COC(=O)c1ccc([C@@H]2CC3(CCN2Cc2c(OCCOC4COC4)cc(C)c4c2ccn4C(=O)OC(C)(C)C)CC(F)(F)C3)cc1. The van der Waals surface area contributed by atoms with Crippen molar-refractivity contribution >= 4 is 23.0 Å². The van der Waals surface area contributed by atoms with Crippen molar-refractivity contribution in [3.05, 3.63) is 64.8 Å². The molecule has 3 aromatic rings. The van der Waals surface area contributed by atoms with E-state index in [9.17, 15) is 18.4 Å². The molecule has 1 saturated carbocycles. The summed E-state index contributed by atoms with van der Waals surface area (Å²) in [5, 5.41) is 0.856. The Morgan fingerprint density at radius 1 is 1.06 bits per heavy atom.